The second kappa shape index (κ2) is 5.57. The van der Waals surface area contributed by atoms with Crippen LogP contribution in [0.5, 0.6) is 0 Å². The average Bonchev–Trinajstić information content (AvgIpc) is 2.95. The van der Waals surface area contributed by atoms with Gasteiger partial charge in [0, 0.05) is 25.7 Å². The van der Waals surface area contributed by atoms with Gasteiger partial charge in [-0.2, -0.15) is 10.2 Å². The van der Waals surface area contributed by atoms with Crippen molar-refractivity contribution in [2.45, 2.75) is 45.7 Å². The van der Waals surface area contributed by atoms with Crippen LogP contribution in [0.1, 0.15) is 49.9 Å². The molecule has 0 saturated carbocycles. The SMILES string of the molecule is CCc1cc(C(N)Cc2ccn(C(C)C)n2)n(C)n1. The molecule has 0 aliphatic heterocycles. The number of nitrogens with two attached hydrogens (primary N) is 1. The highest BCUT2D eigenvalue weighted by Crippen LogP contribution is 2.17. The van der Waals surface area contributed by atoms with Crippen molar-refractivity contribution >= 4 is 0 Å². The van der Waals surface area contributed by atoms with Crippen LogP contribution >= 0.6 is 0 Å². The molecule has 0 aliphatic rings. The van der Waals surface area contributed by atoms with E-state index in [4.69, 9.17) is 5.73 Å². The lowest BCUT2D eigenvalue weighted by molar-refractivity contribution is 0.520. The third-order valence-corrected chi connectivity index (χ3v) is 3.33. The van der Waals surface area contributed by atoms with E-state index in [9.17, 15) is 0 Å². The Morgan fingerprint density at radius 3 is 2.53 bits per heavy atom. The fourth-order valence-electron chi connectivity index (χ4n) is 2.17. The van der Waals surface area contributed by atoms with Crippen LogP contribution in [0.4, 0.5) is 0 Å². The highest BCUT2D eigenvalue weighted by molar-refractivity contribution is 5.16. The van der Waals surface area contributed by atoms with Gasteiger partial charge in [-0.05, 0) is 32.4 Å². The van der Waals surface area contributed by atoms with E-state index in [1.54, 1.807) is 0 Å². The number of hydrogen-bond donors (Lipinski definition) is 1. The van der Waals surface area contributed by atoms with Crippen molar-refractivity contribution < 1.29 is 0 Å². The molecule has 2 aromatic heterocycles. The summed E-state index contributed by atoms with van der Waals surface area (Å²) in [6, 6.07) is 4.45. The van der Waals surface area contributed by atoms with Gasteiger partial charge in [-0.15, -0.1) is 0 Å². The maximum atomic E-state index is 6.27. The molecule has 0 aliphatic carbocycles. The van der Waals surface area contributed by atoms with Crippen molar-refractivity contribution in [3.8, 4) is 0 Å². The predicted molar refractivity (Wildman–Crippen MR) is 75.8 cm³/mol. The monoisotopic (exact) mass is 261 g/mol. The van der Waals surface area contributed by atoms with Gasteiger partial charge in [-0.3, -0.25) is 9.36 Å². The highest BCUT2D eigenvalue weighted by atomic mass is 15.3. The fourth-order valence-corrected chi connectivity index (χ4v) is 2.17. The van der Waals surface area contributed by atoms with Crippen molar-refractivity contribution in [3.63, 3.8) is 0 Å². The fraction of sp³-hybridized carbons (Fsp3) is 0.571. The normalized spacial score (nSPS) is 13.2. The molecule has 2 heterocycles. The van der Waals surface area contributed by atoms with E-state index in [1.165, 1.54) is 0 Å². The largest absolute Gasteiger partial charge is 0.322 e. The van der Waals surface area contributed by atoms with Crippen LogP contribution in [0.2, 0.25) is 0 Å². The first-order valence-corrected chi connectivity index (χ1v) is 6.83. The zero-order valence-electron chi connectivity index (χ0n) is 12.2. The van der Waals surface area contributed by atoms with Crippen LogP contribution < -0.4 is 5.73 Å². The van der Waals surface area contributed by atoms with Crippen LogP contribution in [-0.4, -0.2) is 19.6 Å². The Morgan fingerprint density at radius 2 is 2.00 bits per heavy atom. The Kier molecular flexibility index (Phi) is 4.04. The van der Waals surface area contributed by atoms with Crippen molar-refractivity contribution in [2.24, 2.45) is 12.8 Å². The molecule has 0 amide bonds. The number of nitrogens with zero attached hydrogens (tertiary/aromatic N) is 4. The van der Waals surface area contributed by atoms with Crippen LogP contribution in [0.25, 0.3) is 0 Å². The van der Waals surface area contributed by atoms with Crippen LogP contribution in [0.15, 0.2) is 18.3 Å². The molecular formula is C14H23N5. The lowest BCUT2D eigenvalue weighted by atomic mass is 10.1. The molecule has 1 atom stereocenters. The van der Waals surface area contributed by atoms with Crippen molar-refractivity contribution in [1.82, 2.24) is 19.6 Å². The minimum Gasteiger partial charge on any atom is -0.322 e. The number of rotatable bonds is 5. The molecule has 19 heavy (non-hydrogen) atoms. The van der Waals surface area contributed by atoms with Gasteiger partial charge in [0.2, 0.25) is 0 Å². The summed E-state index contributed by atoms with van der Waals surface area (Å²) in [6.45, 7) is 6.33. The van der Waals surface area contributed by atoms with Crippen molar-refractivity contribution in [1.29, 1.82) is 0 Å². The van der Waals surface area contributed by atoms with Crippen LogP contribution in [-0.2, 0) is 19.9 Å². The van der Waals surface area contributed by atoms with E-state index in [0.29, 0.717) is 6.04 Å². The Labute approximate surface area is 114 Å². The molecule has 2 N–H and O–H groups in total. The first-order valence-electron chi connectivity index (χ1n) is 6.83. The van der Waals surface area contributed by atoms with Gasteiger partial charge in [0.05, 0.1) is 23.1 Å². The summed E-state index contributed by atoms with van der Waals surface area (Å²) in [6.07, 6.45) is 3.68. The average molecular weight is 261 g/mol. The Hall–Kier alpha value is -1.62. The molecule has 0 fully saturated rings. The minimum atomic E-state index is -0.0617. The minimum absolute atomic E-state index is 0.0617. The third-order valence-electron chi connectivity index (χ3n) is 3.33. The van der Waals surface area contributed by atoms with Gasteiger partial charge in [0.25, 0.3) is 0 Å². The van der Waals surface area contributed by atoms with E-state index in [0.717, 1.165) is 29.9 Å². The van der Waals surface area contributed by atoms with E-state index in [-0.39, 0.29) is 6.04 Å². The number of hydrogen-bond acceptors (Lipinski definition) is 3. The Bertz CT molecular complexity index is 538. The quantitative estimate of drug-likeness (QED) is 0.895. The number of aryl methyl sites for hydroxylation is 2. The van der Waals surface area contributed by atoms with E-state index in [1.807, 2.05) is 28.7 Å². The second-order valence-corrected chi connectivity index (χ2v) is 5.23. The molecule has 104 valence electrons. The van der Waals surface area contributed by atoms with Gasteiger partial charge in [0.15, 0.2) is 0 Å². The highest BCUT2D eigenvalue weighted by Gasteiger charge is 2.14. The summed E-state index contributed by atoms with van der Waals surface area (Å²) >= 11 is 0. The molecule has 2 rings (SSSR count). The lowest BCUT2D eigenvalue weighted by Gasteiger charge is -2.10. The summed E-state index contributed by atoms with van der Waals surface area (Å²) in [7, 11) is 1.95. The standard InChI is InChI=1S/C14H23N5/c1-5-11-9-14(18(4)16-11)13(15)8-12-6-7-19(17-12)10(2)3/h6-7,9-10,13H,5,8,15H2,1-4H3. The molecule has 0 radical (unpaired) electrons. The molecule has 1 unspecified atom stereocenters. The summed E-state index contributed by atoms with van der Waals surface area (Å²) < 4.78 is 3.84. The second-order valence-electron chi connectivity index (χ2n) is 5.23. The smallest absolute Gasteiger partial charge is 0.0644 e. The topological polar surface area (TPSA) is 61.7 Å². The molecule has 0 bridgehead atoms. The van der Waals surface area contributed by atoms with Gasteiger partial charge in [0.1, 0.15) is 0 Å². The summed E-state index contributed by atoms with van der Waals surface area (Å²) in [4.78, 5) is 0. The van der Waals surface area contributed by atoms with Crippen molar-refractivity contribution in [2.75, 3.05) is 0 Å². The van der Waals surface area contributed by atoms with Crippen LogP contribution in [0.3, 0.4) is 0 Å². The first-order chi connectivity index (χ1) is 9.01. The molecule has 5 heteroatoms. The maximum Gasteiger partial charge on any atom is 0.0644 e. The molecule has 2 aromatic rings. The molecular weight excluding hydrogens is 238 g/mol. The van der Waals surface area contributed by atoms with E-state index >= 15 is 0 Å². The van der Waals surface area contributed by atoms with Gasteiger partial charge >= 0.3 is 0 Å². The van der Waals surface area contributed by atoms with Crippen molar-refractivity contribution in [3.05, 3.63) is 35.4 Å². The maximum absolute atomic E-state index is 6.27. The molecule has 5 nitrogen and oxygen atoms in total. The summed E-state index contributed by atoms with van der Waals surface area (Å²) in [5.74, 6) is 0. The summed E-state index contributed by atoms with van der Waals surface area (Å²) in [5.41, 5.74) is 9.45. The molecule has 0 aromatic carbocycles. The predicted octanol–water partition coefficient (Wildman–Crippen LogP) is 2.00. The van der Waals surface area contributed by atoms with Gasteiger partial charge in [-0.1, -0.05) is 6.92 Å². The van der Waals surface area contributed by atoms with Gasteiger partial charge in [-0.25, -0.2) is 0 Å². The third kappa shape index (κ3) is 3.04. The van der Waals surface area contributed by atoms with Crippen LogP contribution in [0, 0.1) is 0 Å². The molecule has 0 saturated heterocycles. The Morgan fingerprint density at radius 1 is 1.26 bits per heavy atom. The lowest BCUT2D eigenvalue weighted by Crippen LogP contribution is -2.17. The van der Waals surface area contributed by atoms with E-state index in [2.05, 4.69) is 37.0 Å². The number of aromatic nitrogens is 4. The Balaban J connectivity index is 2.10. The van der Waals surface area contributed by atoms with Gasteiger partial charge < -0.3 is 5.73 Å². The summed E-state index contributed by atoms with van der Waals surface area (Å²) in [5, 5.41) is 8.98. The first kappa shape index (κ1) is 13.8. The van der Waals surface area contributed by atoms with E-state index < -0.39 is 0 Å². The zero-order valence-corrected chi connectivity index (χ0v) is 12.2. The zero-order chi connectivity index (χ0) is 14.0. The molecule has 0 spiro atoms.